The Hall–Kier alpha value is -6.39. The molecule has 0 amide bonds. The molecule has 0 spiro atoms. The normalized spacial score (nSPS) is 11.8. The number of benzene rings is 7. The zero-order valence-electron chi connectivity index (χ0n) is 25.3. The number of hydrogen-bond acceptors (Lipinski definition) is 2. The van der Waals surface area contributed by atoms with Crippen LogP contribution in [0.15, 0.2) is 168 Å². The van der Waals surface area contributed by atoms with E-state index in [1.54, 1.807) is 0 Å². The minimum atomic E-state index is 0.830. The summed E-state index contributed by atoms with van der Waals surface area (Å²) in [6.45, 7) is 0. The van der Waals surface area contributed by atoms with Crippen LogP contribution in [-0.4, -0.2) is 14.1 Å². The molecule has 0 radical (unpaired) electrons. The van der Waals surface area contributed by atoms with E-state index in [0.717, 1.165) is 77.9 Å². The van der Waals surface area contributed by atoms with E-state index in [1.165, 1.54) is 10.8 Å². The van der Waals surface area contributed by atoms with Crippen molar-refractivity contribution in [2.75, 3.05) is 0 Å². The van der Waals surface area contributed by atoms with E-state index >= 15 is 0 Å². The largest absolute Gasteiger partial charge is 0.454 e. The van der Waals surface area contributed by atoms with Gasteiger partial charge in [0.15, 0.2) is 5.58 Å². The van der Waals surface area contributed by atoms with Crippen molar-refractivity contribution in [3.05, 3.63) is 164 Å². The lowest BCUT2D eigenvalue weighted by Crippen LogP contribution is -1.98. The Kier molecular flexibility index (Phi) is 5.54. The number of furan rings is 1. The predicted octanol–water partition coefficient (Wildman–Crippen LogP) is 11.4. The Morgan fingerprint density at radius 2 is 1.09 bits per heavy atom. The van der Waals surface area contributed by atoms with E-state index in [4.69, 9.17) is 9.40 Å². The molecular formula is C43H27N3O. The maximum Gasteiger partial charge on any atom is 0.159 e. The van der Waals surface area contributed by atoms with Crippen LogP contribution in [0.25, 0.3) is 88.7 Å². The van der Waals surface area contributed by atoms with E-state index in [1.807, 2.05) is 0 Å². The molecule has 10 aromatic rings. The lowest BCUT2D eigenvalue weighted by molar-refractivity contribution is 0.666. The standard InChI is InChI=1S/C43H27N3O/c1-3-14-28(15-4-1)29-26-34(43-44-35-21-9-12-24-38(35)45(43)30-16-5-2-6-17-30)41-33-20-13-25-39(42(33)47-40(41)27-29)46-36-22-10-7-18-31(36)32-19-8-11-23-37(32)46/h1-27H. The zero-order valence-corrected chi connectivity index (χ0v) is 25.3. The van der Waals surface area contributed by atoms with Gasteiger partial charge >= 0.3 is 0 Å². The number of aromatic nitrogens is 3. The second-order valence-corrected chi connectivity index (χ2v) is 12.0. The number of nitrogens with zero attached hydrogens (tertiary/aromatic N) is 3. The van der Waals surface area contributed by atoms with Crippen LogP contribution in [0, 0.1) is 0 Å². The van der Waals surface area contributed by atoms with Crippen LogP contribution in [-0.2, 0) is 0 Å². The van der Waals surface area contributed by atoms with Gasteiger partial charge in [-0.1, -0.05) is 109 Å². The Labute approximate surface area is 270 Å². The fourth-order valence-corrected chi connectivity index (χ4v) is 7.29. The highest BCUT2D eigenvalue weighted by Crippen LogP contribution is 2.44. The van der Waals surface area contributed by atoms with Gasteiger partial charge in [0, 0.05) is 32.8 Å². The van der Waals surface area contributed by atoms with Crippen LogP contribution in [0.2, 0.25) is 0 Å². The van der Waals surface area contributed by atoms with Crippen molar-refractivity contribution in [2.45, 2.75) is 0 Å². The minimum Gasteiger partial charge on any atom is -0.454 e. The monoisotopic (exact) mass is 601 g/mol. The van der Waals surface area contributed by atoms with Gasteiger partial charge in [0.2, 0.25) is 0 Å². The number of imidazole rings is 1. The first-order valence-corrected chi connectivity index (χ1v) is 15.9. The van der Waals surface area contributed by atoms with Crippen molar-refractivity contribution in [1.29, 1.82) is 0 Å². The van der Waals surface area contributed by atoms with Crippen molar-refractivity contribution in [1.82, 2.24) is 14.1 Å². The van der Waals surface area contributed by atoms with Gasteiger partial charge in [0.25, 0.3) is 0 Å². The summed E-state index contributed by atoms with van der Waals surface area (Å²) in [5, 5.41) is 4.55. The Bertz CT molecular complexity index is 2730. The molecule has 220 valence electrons. The number of hydrogen-bond donors (Lipinski definition) is 0. The SMILES string of the molecule is c1ccc(-c2cc(-c3nc4ccccc4n3-c3ccccc3)c3c(c2)oc2c(-n4c5ccccc5c5ccccc54)cccc23)cc1. The lowest BCUT2D eigenvalue weighted by Gasteiger charge is -2.12. The Balaban J connectivity index is 1.35. The number of rotatable bonds is 4. The van der Waals surface area contributed by atoms with Gasteiger partial charge < -0.3 is 8.98 Å². The second kappa shape index (κ2) is 10.1. The lowest BCUT2D eigenvalue weighted by atomic mass is 9.98. The molecule has 0 aliphatic carbocycles. The Morgan fingerprint density at radius 1 is 0.468 bits per heavy atom. The molecule has 0 saturated carbocycles. The molecule has 3 heterocycles. The molecular weight excluding hydrogens is 574 g/mol. The second-order valence-electron chi connectivity index (χ2n) is 12.0. The first-order valence-electron chi connectivity index (χ1n) is 15.9. The fraction of sp³-hybridized carbons (Fsp3) is 0. The molecule has 10 rings (SSSR count). The molecule has 0 unspecified atom stereocenters. The van der Waals surface area contributed by atoms with Crippen LogP contribution in [0.5, 0.6) is 0 Å². The molecule has 0 N–H and O–H groups in total. The molecule has 0 bridgehead atoms. The molecule has 0 atom stereocenters. The average molecular weight is 602 g/mol. The summed E-state index contributed by atoms with van der Waals surface area (Å²) in [5.41, 5.74) is 11.3. The van der Waals surface area contributed by atoms with E-state index in [9.17, 15) is 0 Å². The molecule has 0 aliphatic rings. The highest BCUT2D eigenvalue weighted by molar-refractivity contribution is 6.17. The van der Waals surface area contributed by atoms with Gasteiger partial charge in [-0.05, 0) is 65.7 Å². The van der Waals surface area contributed by atoms with Crippen molar-refractivity contribution < 1.29 is 4.42 Å². The van der Waals surface area contributed by atoms with E-state index < -0.39 is 0 Å². The van der Waals surface area contributed by atoms with Gasteiger partial charge in [-0.3, -0.25) is 4.57 Å². The topological polar surface area (TPSA) is 35.9 Å². The minimum absolute atomic E-state index is 0.830. The van der Waals surface area contributed by atoms with Crippen LogP contribution in [0.4, 0.5) is 0 Å². The maximum absolute atomic E-state index is 6.99. The summed E-state index contributed by atoms with van der Waals surface area (Å²) in [6, 6.07) is 57.5. The average Bonchev–Trinajstić information content (AvgIpc) is 3.82. The third-order valence-corrected chi connectivity index (χ3v) is 9.32. The molecule has 4 nitrogen and oxygen atoms in total. The predicted molar refractivity (Wildman–Crippen MR) is 194 cm³/mol. The van der Waals surface area contributed by atoms with E-state index in [-0.39, 0.29) is 0 Å². The summed E-state index contributed by atoms with van der Waals surface area (Å²) in [4.78, 5) is 5.30. The summed E-state index contributed by atoms with van der Waals surface area (Å²) in [5.74, 6) is 0.880. The summed E-state index contributed by atoms with van der Waals surface area (Å²) in [7, 11) is 0. The van der Waals surface area contributed by atoms with Crippen molar-refractivity contribution >= 4 is 54.8 Å². The zero-order chi connectivity index (χ0) is 30.9. The van der Waals surface area contributed by atoms with Crippen LogP contribution < -0.4 is 0 Å². The highest BCUT2D eigenvalue weighted by Gasteiger charge is 2.23. The first-order chi connectivity index (χ1) is 23.3. The number of fused-ring (bicyclic) bond motifs is 7. The van der Waals surface area contributed by atoms with Gasteiger partial charge in [-0.2, -0.15) is 0 Å². The first kappa shape index (κ1) is 25.9. The molecule has 7 aromatic carbocycles. The maximum atomic E-state index is 6.99. The third-order valence-electron chi connectivity index (χ3n) is 9.32. The van der Waals surface area contributed by atoms with Gasteiger partial charge in [0.05, 0.1) is 27.8 Å². The van der Waals surface area contributed by atoms with Crippen molar-refractivity contribution in [3.63, 3.8) is 0 Å². The molecule has 3 aromatic heterocycles. The van der Waals surface area contributed by atoms with Crippen molar-refractivity contribution in [2.24, 2.45) is 0 Å². The molecule has 0 saturated heterocycles. The van der Waals surface area contributed by atoms with Crippen LogP contribution in [0.3, 0.4) is 0 Å². The van der Waals surface area contributed by atoms with Gasteiger partial charge in [-0.15, -0.1) is 0 Å². The van der Waals surface area contributed by atoms with E-state index in [0.29, 0.717) is 0 Å². The quantitative estimate of drug-likeness (QED) is 0.201. The molecule has 0 aliphatic heterocycles. The van der Waals surface area contributed by atoms with Crippen LogP contribution in [0.1, 0.15) is 0 Å². The molecule has 4 heteroatoms. The van der Waals surface area contributed by atoms with Crippen LogP contribution >= 0.6 is 0 Å². The molecule has 47 heavy (non-hydrogen) atoms. The smallest absolute Gasteiger partial charge is 0.159 e. The third kappa shape index (κ3) is 3.85. The van der Waals surface area contributed by atoms with Crippen molar-refractivity contribution in [3.8, 4) is 33.9 Å². The summed E-state index contributed by atoms with van der Waals surface area (Å²) in [6.07, 6.45) is 0. The number of para-hydroxylation sites is 6. The fourth-order valence-electron chi connectivity index (χ4n) is 7.29. The summed E-state index contributed by atoms with van der Waals surface area (Å²) < 4.78 is 11.6. The van der Waals surface area contributed by atoms with E-state index in [2.05, 4.69) is 173 Å². The van der Waals surface area contributed by atoms with Gasteiger partial charge in [-0.25, -0.2) is 4.98 Å². The highest BCUT2D eigenvalue weighted by atomic mass is 16.3. The van der Waals surface area contributed by atoms with Gasteiger partial charge in [0.1, 0.15) is 11.4 Å². The molecule has 0 fully saturated rings. The Morgan fingerprint density at radius 3 is 1.83 bits per heavy atom. The summed E-state index contributed by atoms with van der Waals surface area (Å²) >= 11 is 0.